The van der Waals surface area contributed by atoms with Crippen LogP contribution in [0, 0.1) is 5.92 Å². The van der Waals surface area contributed by atoms with E-state index in [0.29, 0.717) is 25.9 Å². The van der Waals surface area contributed by atoms with E-state index in [4.69, 9.17) is 10.8 Å². The smallest absolute Gasteiger partial charge is 0.337 e. The second kappa shape index (κ2) is 6.25. The van der Waals surface area contributed by atoms with Crippen LogP contribution in [0.1, 0.15) is 23.2 Å². The summed E-state index contributed by atoms with van der Waals surface area (Å²) < 4.78 is 0. The summed E-state index contributed by atoms with van der Waals surface area (Å²) in [5.41, 5.74) is 5.54. The molecule has 0 atom stereocenters. The van der Waals surface area contributed by atoms with Crippen LogP contribution in [0.2, 0.25) is 0 Å². The molecule has 1 aromatic rings. The minimum atomic E-state index is -1.10. The fraction of sp³-hybridized carbons (Fsp3) is 0.357. The number of nitrogens with one attached hydrogen (secondary N) is 1. The fourth-order valence-corrected chi connectivity index (χ4v) is 2.34. The Morgan fingerprint density at radius 2 is 1.81 bits per heavy atom. The summed E-state index contributed by atoms with van der Waals surface area (Å²) in [5, 5.41) is 11.7. The summed E-state index contributed by atoms with van der Waals surface area (Å²) in [7, 11) is 0. The molecular formula is C14H17N3O4. The van der Waals surface area contributed by atoms with Gasteiger partial charge in [0.25, 0.3) is 0 Å². The van der Waals surface area contributed by atoms with Crippen LogP contribution in [0.25, 0.3) is 0 Å². The van der Waals surface area contributed by atoms with Crippen LogP contribution < -0.4 is 11.1 Å². The number of carbonyl (C=O) groups is 3. The molecule has 1 heterocycles. The Hall–Kier alpha value is -2.57. The van der Waals surface area contributed by atoms with Crippen LogP contribution in [0.3, 0.4) is 0 Å². The highest BCUT2D eigenvalue weighted by molar-refractivity contribution is 6.00. The molecule has 2 rings (SSSR count). The second-order valence-electron chi connectivity index (χ2n) is 4.94. The van der Waals surface area contributed by atoms with Gasteiger partial charge in [0.1, 0.15) is 0 Å². The first-order valence-corrected chi connectivity index (χ1v) is 6.66. The van der Waals surface area contributed by atoms with Crippen molar-refractivity contribution in [3.05, 3.63) is 29.8 Å². The molecule has 1 fully saturated rings. The van der Waals surface area contributed by atoms with E-state index in [9.17, 15) is 14.4 Å². The zero-order chi connectivity index (χ0) is 15.4. The highest BCUT2D eigenvalue weighted by Crippen LogP contribution is 2.19. The van der Waals surface area contributed by atoms with Crippen molar-refractivity contribution in [2.45, 2.75) is 12.8 Å². The molecule has 4 N–H and O–H groups in total. The van der Waals surface area contributed by atoms with Crippen molar-refractivity contribution in [2.24, 2.45) is 11.7 Å². The number of rotatable bonds is 3. The average Bonchev–Trinajstić information content (AvgIpc) is 2.47. The quantitative estimate of drug-likeness (QED) is 0.774. The van der Waals surface area contributed by atoms with Gasteiger partial charge in [-0.25, -0.2) is 9.59 Å². The van der Waals surface area contributed by atoms with Crippen LogP contribution in [0.5, 0.6) is 0 Å². The number of carboxylic acid groups (broad SMARTS) is 1. The van der Waals surface area contributed by atoms with Gasteiger partial charge >= 0.3 is 12.0 Å². The molecule has 1 aromatic carbocycles. The Bertz CT molecular complexity index is 565. The van der Waals surface area contributed by atoms with Gasteiger partial charge in [0.15, 0.2) is 0 Å². The van der Waals surface area contributed by atoms with E-state index in [1.54, 1.807) is 17.0 Å². The van der Waals surface area contributed by atoms with Crippen LogP contribution in [0.4, 0.5) is 10.5 Å². The number of hydrogen-bond donors (Lipinski definition) is 3. The van der Waals surface area contributed by atoms with Crippen molar-refractivity contribution >= 4 is 23.6 Å². The van der Waals surface area contributed by atoms with Crippen LogP contribution in [-0.4, -0.2) is 41.0 Å². The number of urea groups is 1. The normalized spacial score (nSPS) is 15.5. The first kappa shape index (κ1) is 14.8. The first-order valence-electron chi connectivity index (χ1n) is 6.66. The number of para-hydroxylation sites is 1. The standard InChI is InChI=1S/C14H17N3O4/c15-12(18)9-5-7-17(8-6-9)14(21)16-11-4-2-1-3-10(11)13(19)20/h1-4,9H,5-8H2,(H2,15,18)(H,16,21)(H,19,20). The van der Waals surface area contributed by atoms with E-state index in [1.165, 1.54) is 12.1 Å². The number of primary amides is 1. The van der Waals surface area contributed by atoms with Crippen molar-refractivity contribution in [1.82, 2.24) is 4.90 Å². The van der Waals surface area contributed by atoms with Gasteiger partial charge in [-0.3, -0.25) is 4.79 Å². The largest absolute Gasteiger partial charge is 0.478 e. The molecule has 7 nitrogen and oxygen atoms in total. The Morgan fingerprint density at radius 1 is 1.19 bits per heavy atom. The van der Waals surface area contributed by atoms with E-state index >= 15 is 0 Å². The van der Waals surface area contributed by atoms with Gasteiger partial charge in [0.2, 0.25) is 5.91 Å². The molecule has 7 heteroatoms. The van der Waals surface area contributed by atoms with Gasteiger partial charge in [0, 0.05) is 19.0 Å². The third-order valence-corrected chi connectivity index (χ3v) is 3.58. The number of benzene rings is 1. The summed E-state index contributed by atoms with van der Waals surface area (Å²) in [6.07, 6.45) is 1.06. The van der Waals surface area contributed by atoms with E-state index in [0.717, 1.165) is 0 Å². The lowest BCUT2D eigenvalue weighted by Gasteiger charge is -2.30. The number of nitrogens with two attached hydrogens (primary N) is 1. The molecule has 0 aliphatic carbocycles. The number of anilines is 1. The Balaban J connectivity index is 2.00. The molecule has 112 valence electrons. The zero-order valence-corrected chi connectivity index (χ0v) is 11.4. The van der Waals surface area contributed by atoms with Crippen molar-refractivity contribution in [2.75, 3.05) is 18.4 Å². The molecule has 0 radical (unpaired) electrons. The molecule has 1 aliphatic rings. The lowest BCUT2D eigenvalue weighted by Crippen LogP contribution is -2.43. The Kier molecular flexibility index (Phi) is 4.42. The highest BCUT2D eigenvalue weighted by Gasteiger charge is 2.26. The lowest BCUT2D eigenvalue weighted by molar-refractivity contribution is -0.122. The van der Waals surface area contributed by atoms with Gasteiger partial charge in [-0.15, -0.1) is 0 Å². The van der Waals surface area contributed by atoms with Crippen LogP contribution >= 0.6 is 0 Å². The number of aromatic carboxylic acids is 1. The van der Waals surface area contributed by atoms with E-state index in [-0.39, 0.29) is 29.1 Å². The lowest BCUT2D eigenvalue weighted by atomic mass is 9.96. The van der Waals surface area contributed by atoms with Gasteiger partial charge in [0.05, 0.1) is 11.3 Å². The summed E-state index contributed by atoms with van der Waals surface area (Å²) in [5.74, 6) is -1.63. The molecule has 3 amide bonds. The van der Waals surface area contributed by atoms with Gasteiger partial charge in [-0.2, -0.15) is 0 Å². The molecule has 1 saturated heterocycles. The number of carboxylic acids is 1. The predicted octanol–water partition coefficient (Wildman–Crippen LogP) is 1.11. The molecule has 1 aliphatic heterocycles. The molecule has 0 spiro atoms. The summed E-state index contributed by atoms with van der Waals surface area (Å²) in [4.78, 5) is 35.8. The minimum absolute atomic E-state index is 0.0397. The zero-order valence-electron chi connectivity index (χ0n) is 11.4. The highest BCUT2D eigenvalue weighted by atomic mass is 16.4. The number of nitrogens with zero attached hydrogens (tertiary/aromatic N) is 1. The van der Waals surface area contributed by atoms with Crippen LogP contribution in [0.15, 0.2) is 24.3 Å². The Morgan fingerprint density at radius 3 is 2.38 bits per heavy atom. The number of amides is 3. The van der Waals surface area contributed by atoms with E-state index in [2.05, 4.69) is 5.32 Å². The van der Waals surface area contributed by atoms with Gasteiger partial charge in [-0.05, 0) is 25.0 Å². The summed E-state index contributed by atoms with van der Waals surface area (Å²) in [6, 6.07) is 5.85. The molecule has 0 bridgehead atoms. The maximum Gasteiger partial charge on any atom is 0.337 e. The summed E-state index contributed by atoms with van der Waals surface area (Å²) in [6.45, 7) is 0.851. The maximum absolute atomic E-state index is 12.1. The third kappa shape index (κ3) is 3.50. The first-order chi connectivity index (χ1) is 9.99. The van der Waals surface area contributed by atoms with Crippen molar-refractivity contribution in [1.29, 1.82) is 0 Å². The molecule has 0 aromatic heterocycles. The number of likely N-dealkylation sites (tertiary alicyclic amines) is 1. The number of piperidine rings is 1. The molecular weight excluding hydrogens is 274 g/mol. The van der Waals surface area contributed by atoms with Crippen molar-refractivity contribution in [3.63, 3.8) is 0 Å². The number of hydrogen-bond acceptors (Lipinski definition) is 3. The maximum atomic E-state index is 12.1. The van der Waals surface area contributed by atoms with E-state index in [1.807, 2.05) is 0 Å². The van der Waals surface area contributed by atoms with Crippen LogP contribution in [-0.2, 0) is 4.79 Å². The van der Waals surface area contributed by atoms with Crippen molar-refractivity contribution in [3.8, 4) is 0 Å². The van der Waals surface area contributed by atoms with E-state index < -0.39 is 5.97 Å². The molecule has 0 unspecified atom stereocenters. The van der Waals surface area contributed by atoms with Crippen molar-refractivity contribution < 1.29 is 19.5 Å². The number of carbonyl (C=O) groups excluding carboxylic acids is 2. The molecule has 0 saturated carbocycles. The topological polar surface area (TPSA) is 113 Å². The minimum Gasteiger partial charge on any atom is -0.478 e. The predicted molar refractivity (Wildman–Crippen MR) is 75.9 cm³/mol. The second-order valence-corrected chi connectivity index (χ2v) is 4.94. The van der Waals surface area contributed by atoms with Gasteiger partial charge in [-0.1, -0.05) is 12.1 Å². The fourth-order valence-electron chi connectivity index (χ4n) is 2.34. The van der Waals surface area contributed by atoms with Gasteiger partial charge < -0.3 is 21.1 Å². The summed E-state index contributed by atoms with van der Waals surface area (Å²) >= 11 is 0. The average molecular weight is 291 g/mol. The SMILES string of the molecule is NC(=O)C1CCN(C(=O)Nc2ccccc2C(=O)O)CC1. The third-order valence-electron chi connectivity index (χ3n) is 3.58. The Labute approximate surface area is 121 Å². The molecule has 21 heavy (non-hydrogen) atoms. The monoisotopic (exact) mass is 291 g/mol.